The van der Waals surface area contributed by atoms with E-state index >= 15 is 0 Å². The van der Waals surface area contributed by atoms with Crippen LogP contribution < -0.4 is 10.2 Å². The number of hydrogen-bond acceptors (Lipinski definition) is 3. The van der Waals surface area contributed by atoms with Gasteiger partial charge in [0.15, 0.2) is 0 Å². The van der Waals surface area contributed by atoms with Gasteiger partial charge in [-0.1, -0.05) is 0 Å². The summed E-state index contributed by atoms with van der Waals surface area (Å²) in [4.78, 5) is 12.5. The summed E-state index contributed by atoms with van der Waals surface area (Å²) in [7, 11) is 1.65. The Bertz CT molecular complexity index is 642. The first kappa shape index (κ1) is 16.6. The molecule has 5 rings (SSSR count). The molecule has 0 aliphatic heterocycles. The van der Waals surface area contributed by atoms with E-state index in [1.165, 1.54) is 38.5 Å². The van der Waals surface area contributed by atoms with Crippen LogP contribution in [-0.2, 0) is 4.79 Å². The Morgan fingerprint density at radius 2 is 1.68 bits per heavy atom. The van der Waals surface area contributed by atoms with Crippen LogP contribution in [0.1, 0.15) is 57.4 Å². The van der Waals surface area contributed by atoms with Crippen molar-refractivity contribution < 1.29 is 9.53 Å². The maximum Gasteiger partial charge on any atom is 0.240 e. The van der Waals surface area contributed by atoms with Gasteiger partial charge >= 0.3 is 0 Å². The smallest absolute Gasteiger partial charge is 0.240 e. The third kappa shape index (κ3) is 3.44. The normalized spacial score (nSPS) is 33.4. The maximum atomic E-state index is 12.5. The van der Waals surface area contributed by atoms with Gasteiger partial charge in [-0.15, -0.1) is 0 Å². The van der Waals surface area contributed by atoms with E-state index in [9.17, 15) is 4.79 Å². The van der Waals surface area contributed by atoms with Crippen LogP contribution in [0, 0.1) is 23.2 Å². The molecule has 4 heteroatoms. The van der Waals surface area contributed by atoms with Crippen molar-refractivity contribution in [2.45, 2.75) is 51.9 Å². The van der Waals surface area contributed by atoms with Crippen molar-refractivity contribution in [2.24, 2.45) is 28.3 Å². The summed E-state index contributed by atoms with van der Waals surface area (Å²) in [5, 5.41) is 4.32. The fourth-order valence-corrected chi connectivity index (χ4v) is 5.93. The molecule has 1 N–H and O–H groups in total. The van der Waals surface area contributed by atoms with Gasteiger partial charge in [-0.05, 0) is 98.4 Å². The lowest BCUT2D eigenvalue weighted by molar-refractivity contribution is -0.129. The highest BCUT2D eigenvalue weighted by atomic mass is 16.5. The molecule has 1 aromatic rings. The second kappa shape index (κ2) is 6.47. The Labute approximate surface area is 150 Å². The molecule has 25 heavy (non-hydrogen) atoms. The number of ether oxygens (including phenoxy) is 1. The molecule has 4 aliphatic rings. The first-order valence-electron chi connectivity index (χ1n) is 9.53. The molecule has 4 nitrogen and oxygen atoms in total. The van der Waals surface area contributed by atoms with Crippen molar-refractivity contribution in [3.8, 4) is 5.75 Å². The minimum atomic E-state index is 0.0785. The second-order valence-corrected chi connectivity index (χ2v) is 8.56. The van der Waals surface area contributed by atoms with E-state index in [0.29, 0.717) is 6.42 Å². The van der Waals surface area contributed by atoms with Crippen molar-refractivity contribution in [3.63, 3.8) is 0 Å². The fourth-order valence-electron chi connectivity index (χ4n) is 5.93. The summed E-state index contributed by atoms with van der Waals surface area (Å²) in [6.07, 6.45) is 8.66. The van der Waals surface area contributed by atoms with E-state index in [2.05, 4.69) is 10.5 Å². The Hall–Kier alpha value is -1.84. The van der Waals surface area contributed by atoms with E-state index in [0.717, 1.165) is 34.8 Å². The summed E-state index contributed by atoms with van der Waals surface area (Å²) in [6.45, 7) is 1.92. The molecule has 134 valence electrons. The lowest BCUT2D eigenvalue weighted by atomic mass is 9.49. The number of benzene rings is 1. The molecule has 4 saturated carbocycles. The van der Waals surface area contributed by atoms with Gasteiger partial charge in [-0.3, -0.25) is 4.79 Å². The number of nitrogens with one attached hydrogen (secondary N) is 1. The van der Waals surface area contributed by atoms with E-state index in [1.807, 2.05) is 31.2 Å². The standard InChI is InChI=1S/C21H28N2O2/c1-14(18-3-5-19(25-2)6-4-18)22-23-20(24)13-21-10-15-7-16(11-21)9-17(8-15)12-21/h3-6,15-17H,7-13H2,1-2H3,(H,23,24)/b22-14+. The predicted molar refractivity (Wildman–Crippen MR) is 98.6 cm³/mol. The molecule has 0 unspecified atom stereocenters. The number of carbonyl (C=O) groups excluding carboxylic acids is 1. The van der Waals surface area contributed by atoms with Crippen LogP contribution in [0.2, 0.25) is 0 Å². The van der Waals surface area contributed by atoms with Gasteiger partial charge in [0.1, 0.15) is 5.75 Å². The van der Waals surface area contributed by atoms with E-state index < -0.39 is 0 Å². The van der Waals surface area contributed by atoms with Crippen LogP contribution in [0.15, 0.2) is 29.4 Å². The molecule has 0 radical (unpaired) electrons. The van der Waals surface area contributed by atoms with Crippen molar-refractivity contribution in [1.82, 2.24) is 5.43 Å². The number of rotatable bonds is 5. The highest BCUT2D eigenvalue weighted by Crippen LogP contribution is 2.61. The van der Waals surface area contributed by atoms with Gasteiger partial charge < -0.3 is 4.74 Å². The molecule has 1 amide bonds. The highest BCUT2D eigenvalue weighted by Gasteiger charge is 2.51. The molecule has 0 spiro atoms. The quantitative estimate of drug-likeness (QED) is 0.647. The molecule has 4 aliphatic carbocycles. The monoisotopic (exact) mass is 340 g/mol. The van der Waals surface area contributed by atoms with E-state index in [1.54, 1.807) is 7.11 Å². The maximum absolute atomic E-state index is 12.5. The Morgan fingerprint density at radius 1 is 1.12 bits per heavy atom. The number of amides is 1. The molecular weight excluding hydrogens is 312 g/mol. The zero-order valence-electron chi connectivity index (χ0n) is 15.3. The number of carbonyl (C=O) groups is 1. The number of methoxy groups -OCH3 is 1. The summed E-state index contributed by atoms with van der Waals surface area (Å²) in [5.74, 6) is 3.54. The van der Waals surface area contributed by atoms with Gasteiger partial charge in [0.05, 0.1) is 12.8 Å². The number of nitrogens with zero attached hydrogens (tertiary/aromatic N) is 1. The van der Waals surface area contributed by atoms with Gasteiger partial charge in [-0.25, -0.2) is 5.43 Å². The van der Waals surface area contributed by atoms with Crippen molar-refractivity contribution >= 4 is 11.6 Å². The molecule has 4 bridgehead atoms. The zero-order valence-corrected chi connectivity index (χ0v) is 15.3. The van der Waals surface area contributed by atoms with E-state index in [4.69, 9.17) is 4.74 Å². The molecule has 0 saturated heterocycles. The Kier molecular flexibility index (Phi) is 4.30. The largest absolute Gasteiger partial charge is 0.497 e. The molecule has 0 atom stereocenters. The van der Waals surface area contributed by atoms with Crippen LogP contribution in [-0.4, -0.2) is 18.7 Å². The Morgan fingerprint density at radius 3 is 2.20 bits per heavy atom. The first-order chi connectivity index (χ1) is 12.0. The van der Waals surface area contributed by atoms with Crippen LogP contribution >= 0.6 is 0 Å². The molecule has 0 heterocycles. The topological polar surface area (TPSA) is 50.7 Å². The SMILES string of the molecule is COc1ccc(/C(C)=N/NC(=O)CC23CC4CC(CC(C4)C2)C3)cc1. The average Bonchev–Trinajstić information content (AvgIpc) is 2.58. The summed E-state index contributed by atoms with van der Waals surface area (Å²) < 4.78 is 5.17. The average molecular weight is 340 g/mol. The summed E-state index contributed by atoms with van der Waals surface area (Å²) in [6, 6.07) is 7.74. The van der Waals surface area contributed by atoms with Crippen molar-refractivity contribution in [1.29, 1.82) is 0 Å². The van der Waals surface area contributed by atoms with Gasteiger partial charge in [0, 0.05) is 6.42 Å². The van der Waals surface area contributed by atoms with Gasteiger partial charge in [0.25, 0.3) is 0 Å². The Balaban J connectivity index is 1.37. The highest BCUT2D eigenvalue weighted by molar-refractivity contribution is 5.99. The lowest BCUT2D eigenvalue weighted by Crippen LogP contribution is -2.47. The lowest BCUT2D eigenvalue weighted by Gasteiger charge is -2.56. The molecule has 1 aromatic carbocycles. The third-order valence-electron chi connectivity index (χ3n) is 6.56. The second-order valence-electron chi connectivity index (χ2n) is 8.56. The van der Waals surface area contributed by atoms with Crippen LogP contribution in [0.25, 0.3) is 0 Å². The number of hydrazone groups is 1. The van der Waals surface area contributed by atoms with Gasteiger partial charge in [-0.2, -0.15) is 5.10 Å². The zero-order chi connectivity index (χ0) is 17.4. The minimum absolute atomic E-state index is 0.0785. The van der Waals surface area contributed by atoms with Crippen molar-refractivity contribution in [3.05, 3.63) is 29.8 Å². The molecule has 4 fully saturated rings. The van der Waals surface area contributed by atoms with Crippen LogP contribution in [0.3, 0.4) is 0 Å². The van der Waals surface area contributed by atoms with Crippen LogP contribution in [0.5, 0.6) is 5.75 Å². The summed E-state index contributed by atoms with van der Waals surface area (Å²) >= 11 is 0. The predicted octanol–water partition coefficient (Wildman–Crippen LogP) is 4.14. The number of hydrogen-bond donors (Lipinski definition) is 1. The first-order valence-corrected chi connectivity index (χ1v) is 9.53. The van der Waals surface area contributed by atoms with E-state index in [-0.39, 0.29) is 11.3 Å². The molecular formula is C21H28N2O2. The van der Waals surface area contributed by atoms with Crippen molar-refractivity contribution in [2.75, 3.05) is 7.11 Å². The van der Waals surface area contributed by atoms with Crippen LogP contribution in [0.4, 0.5) is 0 Å². The fraction of sp³-hybridized carbons (Fsp3) is 0.619. The summed E-state index contributed by atoms with van der Waals surface area (Å²) in [5.41, 5.74) is 4.89. The minimum Gasteiger partial charge on any atom is -0.497 e. The third-order valence-corrected chi connectivity index (χ3v) is 6.56. The molecule has 0 aromatic heterocycles. The van der Waals surface area contributed by atoms with Gasteiger partial charge in [0.2, 0.25) is 5.91 Å².